The van der Waals surface area contributed by atoms with Gasteiger partial charge in [0.15, 0.2) is 0 Å². The van der Waals surface area contributed by atoms with Crippen LogP contribution in [0.2, 0.25) is 0 Å². The van der Waals surface area contributed by atoms with Crippen LogP contribution in [0.5, 0.6) is 0 Å². The number of hydrogen-bond donors (Lipinski definition) is 0. The predicted octanol–water partition coefficient (Wildman–Crippen LogP) is 10.6. The van der Waals surface area contributed by atoms with E-state index < -0.39 is 0 Å². The largest absolute Gasteiger partial charge is 0.313 e. The third-order valence-corrected chi connectivity index (χ3v) is 7.33. The van der Waals surface area contributed by atoms with Gasteiger partial charge in [0.2, 0.25) is 0 Å². The molecule has 1 aliphatic carbocycles. The van der Waals surface area contributed by atoms with Crippen LogP contribution in [0.3, 0.4) is 0 Å². The third kappa shape index (κ3) is 5.24. The number of halogens is 1. The van der Waals surface area contributed by atoms with E-state index in [1.807, 2.05) is 39.8 Å². The van der Waals surface area contributed by atoms with E-state index in [1.165, 1.54) is 39.0 Å². The summed E-state index contributed by atoms with van der Waals surface area (Å²) in [7, 11) is 0. The zero-order valence-corrected chi connectivity index (χ0v) is 24.4. The van der Waals surface area contributed by atoms with Crippen molar-refractivity contribution in [2.75, 3.05) is 3.11 Å². The van der Waals surface area contributed by atoms with Crippen LogP contribution in [-0.2, 0) is 6.42 Å². The highest BCUT2D eigenvalue weighted by Gasteiger charge is 2.19. The normalized spacial score (nSPS) is 15.3. The molecule has 0 unspecified atom stereocenters. The van der Waals surface area contributed by atoms with E-state index in [2.05, 4.69) is 128 Å². The molecule has 188 valence electrons. The van der Waals surface area contributed by atoms with Crippen molar-refractivity contribution in [2.45, 2.75) is 40.5 Å². The summed E-state index contributed by atoms with van der Waals surface area (Å²) in [4.78, 5) is 0. The van der Waals surface area contributed by atoms with Crippen molar-refractivity contribution in [2.24, 2.45) is 0 Å². The maximum Gasteiger partial charge on any atom is 0.0640 e. The first-order valence-corrected chi connectivity index (χ1v) is 14.2. The molecule has 2 heterocycles. The fraction of sp³-hybridized carbons (Fsp3) is 0.176. The van der Waals surface area contributed by atoms with Crippen molar-refractivity contribution in [1.29, 1.82) is 0 Å². The Morgan fingerprint density at radius 2 is 1.54 bits per heavy atom. The highest BCUT2D eigenvalue weighted by molar-refractivity contribution is 14.1. The van der Waals surface area contributed by atoms with Crippen LogP contribution in [0.25, 0.3) is 39.4 Å². The second kappa shape index (κ2) is 12.3. The van der Waals surface area contributed by atoms with Gasteiger partial charge in [-0.05, 0) is 72.0 Å². The molecular weight excluding hydrogens is 563 g/mol. The Hall–Kier alpha value is -3.31. The van der Waals surface area contributed by atoms with E-state index in [-0.39, 0.29) is 0 Å². The maximum atomic E-state index is 4.31. The number of aromatic nitrogens is 1. The number of hydrogen-bond acceptors (Lipinski definition) is 1. The van der Waals surface area contributed by atoms with E-state index in [0.717, 1.165) is 29.7 Å². The number of fused-ring (bicyclic) bond motifs is 4. The molecule has 4 aromatic rings. The summed E-state index contributed by atoms with van der Waals surface area (Å²) >= 11 is 2.33. The van der Waals surface area contributed by atoms with Gasteiger partial charge in [0.1, 0.15) is 0 Å². The molecule has 3 heteroatoms. The zero-order chi connectivity index (χ0) is 26.4. The number of rotatable bonds is 2. The Balaban J connectivity index is 0.000000765. The minimum atomic E-state index is 1.02. The van der Waals surface area contributed by atoms with E-state index in [4.69, 9.17) is 0 Å². The van der Waals surface area contributed by atoms with E-state index in [1.54, 1.807) is 0 Å². The molecule has 0 atom stereocenters. The first-order valence-electron chi connectivity index (χ1n) is 13.2. The maximum absolute atomic E-state index is 4.31. The van der Waals surface area contributed by atoms with Crippen molar-refractivity contribution >= 4 is 51.1 Å². The van der Waals surface area contributed by atoms with Crippen molar-refractivity contribution in [3.63, 3.8) is 0 Å². The first-order chi connectivity index (χ1) is 18.2. The van der Waals surface area contributed by atoms with Gasteiger partial charge in [0, 0.05) is 34.1 Å². The van der Waals surface area contributed by atoms with Crippen molar-refractivity contribution < 1.29 is 0 Å². The molecule has 1 aromatic heterocycles. The van der Waals surface area contributed by atoms with Gasteiger partial charge in [0.25, 0.3) is 0 Å². The summed E-state index contributed by atoms with van der Waals surface area (Å²) in [6.07, 6.45) is 15.0. The fourth-order valence-electron chi connectivity index (χ4n) is 4.90. The Morgan fingerprint density at radius 3 is 2.32 bits per heavy atom. The van der Waals surface area contributed by atoms with Crippen molar-refractivity contribution in [1.82, 2.24) is 4.57 Å². The second-order valence-electron chi connectivity index (χ2n) is 8.47. The van der Waals surface area contributed by atoms with Crippen LogP contribution in [0.1, 0.15) is 50.9 Å². The number of allylic oxidation sites excluding steroid dienone is 5. The molecule has 6 rings (SSSR count). The molecule has 3 aromatic carbocycles. The predicted molar refractivity (Wildman–Crippen MR) is 173 cm³/mol. The first kappa shape index (κ1) is 26.7. The van der Waals surface area contributed by atoms with Gasteiger partial charge in [-0.3, -0.25) is 3.11 Å². The third-order valence-electron chi connectivity index (χ3n) is 6.49. The van der Waals surface area contributed by atoms with Crippen LogP contribution in [0, 0.1) is 0 Å². The molecule has 0 amide bonds. The molecule has 0 saturated carbocycles. The molecule has 0 radical (unpaired) electrons. The summed E-state index contributed by atoms with van der Waals surface area (Å²) in [6, 6.07) is 24.3. The Labute approximate surface area is 235 Å². The van der Waals surface area contributed by atoms with Gasteiger partial charge in [-0.2, -0.15) is 0 Å². The summed E-state index contributed by atoms with van der Waals surface area (Å²) in [5.41, 5.74) is 11.0. The van der Waals surface area contributed by atoms with Crippen LogP contribution >= 0.6 is 22.9 Å². The molecule has 2 aliphatic rings. The van der Waals surface area contributed by atoms with E-state index in [9.17, 15) is 0 Å². The molecule has 37 heavy (non-hydrogen) atoms. The molecule has 2 nitrogen and oxygen atoms in total. The van der Waals surface area contributed by atoms with E-state index >= 15 is 0 Å². The van der Waals surface area contributed by atoms with Crippen molar-refractivity contribution in [3.8, 4) is 16.8 Å². The van der Waals surface area contributed by atoms with Crippen LogP contribution < -0.4 is 3.11 Å². The SMILES string of the molecule is C=C1/C=C\C=C/N(I)c2ccc(-c3ccc4c(c3)c3c(n4-c4ccccc4)CCC=C3)cc21.CC.CC. The van der Waals surface area contributed by atoms with E-state index in [0.29, 0.717) is 0 Å². The molecular formula is C34H35IN2. The van der Waals surface area contributed by atoms with Gasteiger partial charge < -0.3 is 4.57 Å². The lowest BCUT2D eigenvalue weighted by Crippen LogP contribution is -2.03. The average Bonchev–Trinajstić information content (AvgIpc) is 3.30. The lowest BCUT2D eigenvalue weighted by Gasteiger charge is -2.19. The molecule has 1 aliphatic heterocycles. The van der Waals surface area contributed by atoms with Crippen molar-refractivity contribution in [3.05, 3.63) is 121 Å². The molecule has 0 spiro atoms. The summed E-state index contributed by atoms with van der Waals surface area (Å²) in [5, 5.41) is 1.31. The van der Waals surface area contributed by atoms with Crippen LogP contribution in [0.4, 0.5) is 5.69 Å². The summed E-state index contributed by atoms with van der Waals surface area (Å²) in [6.45, 7) is 12.3. The lowest BCUT2D eigenvalue weighted by atomic mass is 9.95. The van der Waals surface area contributed by atoms with Gasteiger partial charge >= 0.3 is 0 Å². The second-order valence-corrected chi connectivity index (χ2v) is 9.51. The fourth-order valence-corrected chi connectivity index (χ4v) is 5.51. The highest BCUT2D eigenvalue weighted by Crippen LogP contribution is 2.38. The monoisotopic (exact) mass is 598 g/mol. The minimum absolute atomic E-state index is 1.02. The van der Waals surface area contributed by atoms with Gasteiger partial charge in [0.05, 0.1) is 34.1 Å². The van der Waals surface area contributed by atoms with Crippen LogP contribution in [-0.4, -0.2) is 4.57 Å². The Bertz CT molecular complexity index is 1490. The van der Waals surface area contributed by atoms with Gasteiger partial charge in [-0.25, -0.2) is 0 Å². The minimum Gasteiger partial charge on any atom is -0.313 e. The summed E-state index contributed by atoms with van der Waals surface area (Å²) in [5.74, 6) is 0. The number of para-hydroxylation sites is 1. The average molecular weight is 599 g/mol. The zero-order valence-electron chi connectivity index (χ0n) is 22.2. The molecule has 0 fully saturated rings. The molecule has 0 N–H and O–H groups in total. The summed E-state index contributed by atoms with van der Waals surface area (Å²) < 4.78 is 4.56. The standard InChI is InChI=1S/C30H23IN2.2C2H6/c1-21-9-7-8-18-32(31)28-16-14-22(19-26(21)28)23-15-17-30-27(20-23)25-12-5-6-13-29(25)33(30)24-10-3-2-4-11-24;2*1-2/h2-5,7-12,14-20H,1,6,13H2;2*1-2H3/b9-7-,18-8-;;. The van der Waals surface area contributed by atoms with Gasteiger partial charge in [-0.1, -0.05) is 88.9 Å². The lowest BCUT2D eigenvalue weighted by molar-refractivity contribution is 0.888. The number of nitrogens with zero attached hydrogens (tertiary/aromatic N) is 2. The van der Waals surface area contributed by atoms with Crippen LogP contribution in [0.15, 0.2) is 104 Å². The molecule has 0 saturated heterocycles. The highest BCUT2D eigenvalue weighted by atomic mass is 127. The Kier molecular flexibility index (Phi) is 8.88. The topological polar surface area (TPSA) is 8.17 Å². The van der Waals surface area contributed by atoms with Gasteiger partial charge in [-0.15, -0.1) is 0 Å². The quantitative estimate of drug-likeness (QED) is 0.165. The number of anilines is 1. The smallest absolute Gasteiger partial charge is 0.0640 e. The number of benzene rings is 3. The Morgan fingerprint density at radius 1 is 0.811 bits per heavy atom. The molecule has 0 bridgehead atoms.